The van der Waals surface area contributed by atoms with E-state index in [1.807, 2.05) is 50.8 Å². The summed E-state index contributed by atoms with van der Waals surface area (Å²) in [6.45, 7) is 0.872. The fraction of sp³-hybridized carbons (Fsp3) is 0.231. The Morgan fingerprint density at radius 1 is 1.27 bits per heavy atom. The lowest BCUT2D eigenvalue weighted by Crippen LogP contribution is -2.76. The van der Waals surface area contributed by atoms with Crippen molar-refractivity contribution in [2.45, 2.75) is 4.90 Å². The number of carbonyl (C=O) groups excluding carboxylic acids is 1. The molecule has 0 saturated carbocycles. The Hall–Kier alpha value is -3.44. The van der Waals surface area contributed by atoms with E-state index in [1.165, 1.54) is 11.6 Å². The average Bonchev–Trinajstić information content (AvgIpc) is 2.87. The maximum Gasteiger partial charge on any atom is 0.249 e. The van der Waals surface area contributed by atoms with Gasteiger partial charge in [-0.1, -0.05) is 23.8 Å². The van der Waals surface area contributed by atoms with Crippen molar-refractivity contribution < 1.29 is 14.8 Å². The number of hydrogen-bond acceptors (Lipinski definition) is 8. The number of allylic oxidation sites excluding steroid dienone is 5. The van der Waals surface area contributed by atoms with Gasteiger partial charge in [0.2, 0.25) is 11.9 Å². The second-order valence-corrected chi connectivity index (χ2v) is 9.51. The summed E-state index contributed by atoms with van der Waals surface area (Å²) in [6.07, 6.45) is 10.3. The molecule has 11 heteroatoms. The molecule has 3 rings (SSSR count). The molecule has 0 spiro atoms. The number of anilines is 3. The number of nitrogens with zero attached hydrogens (tertiary/aromatic N) is 3. The van der Waals surface area contributed by atoms with Crippen LogP contribution in [0.1, 0.15) is 5.69 Å². The van der Waals surface area contributed by atoms with E-state index < -0.39 is 0 Å². The van der Waals surface area contributed by atoms with Gasteiger partial charge in [0.25, 0.3) is 0 Å². The number of quaternary nitrogens is 1. The smallest absolute Gasteiger partial charge is 0.249 e. The second-order valence-electron chi connectivity index (χ2n) is 8.12. The van der Waals surface area contributed by atoms with E-state index in [0.717, 1.165) is 28.5 Å². The minimum atomic E-state index is -0.342. The van der Waals surface area contributed by atoms with Crippen molar-refractivity contribution in [1.82, 2.24) is 14.9 Å². The molecule has 1 heterocycles. The highest BCUT2D eigenvalue weighted by Crippen LogP contribution is 2.38. The monoisotopic (exact) mass is 540 g/mol. The van der Waals surface area contributed by atoms with Crippen LogP contribution in [-0.2, 0) is 4.79 Å². The number of ether oxygens (including phenoxy) is 1. The number of amides is 1. The Bertz CT molecular complexity index is 1270. The number of thioether (sulfide) groups is 1. The predicted octanol–water partition coefficient (Wildman–Crippen LogP) is 3.62. The summed E-state index contributed by atoms with van der Waals surface area (Å²) in [5, 5.41) is 16.3. The summed E-state index contributed by atoms with van der Waals surface area (Å²) in [5.74, 6) is 1.41. The molecule has 1 aliphatic rings. The van der Waals surface area contributed by atoms with E-state index in [-0.39, 0.29) is 5.91 Å². The van der Waals surface area contributed by atoms with Gasteiger partial charge in [0, 0.05) is 35.0 Å². The third kappa shape index (κ3) is 7.77. The number of rotatable bonds is 11. The van der Waals surface area contributed by atoms with Crippen molar-refractivity contribution in [2.75, 3.05) is 51.2 Å². The van der Waals surface area contributed by atoms with Crippen LogP contribution in [0, 0.1) is 5.41 Å². The largest absolute Gasteiger partial charge is 0.495 e. The molecule has 1 amide bonds. The zero-order valence-corrected chi connectivity index (χ0v) is 22.8. The molecule has 9 nitrogen and oxygen atoms in total. The van der Waals surface area contributed by atoms with Crippen LogP contribution in [0.15, 0.2) is 70.8 Å². The summed E-state index contributed by atoms with van der Waals surface area (Å²) >= 11 is 7.21. The van der Waals surface area contributed by atoms with Crippen LogP contribution in [0.2, 0.25) is 0 Å². The van der Waals surface area contributed by atoms with Crippen LogP contribution in [-0.4, -0.2) is 67.0 Å². The average molecular weight is 541 g/mol. The Balaban J connectivity index is 1.97. The van der Waals surface area contributed by atoms with Crippen LogP contribution in [0.4, 0.5) is 17.3 Å². The third-order valence-corrected chi connectivity index (χ3v) is 6.42. The van der Waals surface area contributed by atoms with Gasteiger partial charge in [-0.25, -0.2) is 9.97 Å². The normalized spacial score (nSPS) is 14.4. The van der Waals surface area contributed by atoms with Gasteiger partial charge in [0.15, 0.2) is 5.70 Å². The molecule has 37 heavy (non-hydrogen) atoms. The molecule has 2 aromatic rings. The molecule has 0 aliphatic heterocycles. The standard InChI is InChI=1S/C26H30ClN7O2S/c1-29-25(17-7-5-6-8-18(17)28)19-10-12-30-26(32-19)33-20-15-21(31-24(35)9-11-27)23(16-22(20)36-4)37-14-13-34(2)3/h5-12,15-16,28-29H,13-14H2,1-4H3,(H,31,35)(H,30,32,33)/p+1/b11-9+,25-17-,28-18?. The van der Waals surface area contributed by atoms with Crippen molar-refractivity contribution in [3.8, 4) is 5.75 Å². The minimum absolute atomic E-state index is 0.342. The molecule has 0 bridgehead atoms. The number of methoxy groups -OCH3 is 1. The summed E-state index contributed by atoms with van der Waals surface area (Å²) in [6, 6.07) is 5.47. The fourth-order valence-corrected chi connectivity index (χ4v) is 4.71. The van der Waals surface area contributed by atoms with Crippen LogP contribution in [0.5, 0.6) is 5.75 Å². The van der Waals surface area contributed by atoms with Gasteiger partial charge < -0.3 is 31.0 Å². The van der Waals surface area contributed by atoms with E-state index in [0.29, 0.717) is 34.5 Å². The number of benzene rings is 1. The first kappa shape index (κ1) is 28.1. The van der Waals surface area contributed by atoms with Gasteiger partial charge in [-0.15, -0.1) is 11.8 Å². The van der Waals surface area contributed by atoms with Gasteiger partial charge >= 0.3 is 0 Å². The number of hydrogen-bond donors (Lipinski definition) is 4. The highest BCUT2D eigenvalue weighted by atomic mass is 35.5. The zero-order valence-electron chi connectivity index (χ0n) is 21.2. The molecule has 0 fully saturated rings. The third-order valence-electron chi connectivity index (χ3n) is 5.25. The molecular formula is C26H31ClN7O2S+. The van der Waals surface area contributed by atoms with Crippen molar-refractivity contribution in [3.63, 3.8) is 0 Å². The first-order valence-corrected chi connectivity index (χ1v) is 12.9. The molecule has 0 atom stereocenters. The molecule has 1 aromatic heterocycles. The zero-order chi connectivity index (χ0) is 26.8. The highest BCUT2D eigenvalue weighted by Gasteiger charge is 2.18. The first-order valence-electron chi connectivity index (χ1n) is 11.5. The van der Waals surface area contributed by atoms with Crippen LogP contribution >= 0.6 is 23.4 Å². The topological polar surface area (TPSA) is 120 Å². The summed E-state index contributed by atoms with van der Waals surface area (Å²) in [4.78, 5) is 24.3. The second kappa shape index (κ2) is 13.8. The molecule has 0 unspecified atom stereocenters. The van der Waals surface area contributed by atoms with Gasteiger partial charge in [-0.3, -0.25) is 4.79 Å². The molecule has 0 saturated heterocycles. The van der Waals surface area contributed by atoms with Gasteiger partial charge in [0.05, 0.1) is 36.8 Å². The summed E-state index contributed by atoms with van der Waals surface area (Å²) < 4.78 is 5.65. The Morgan fingerprint density at radius 2 is 2.05 bits per heavy atom. The maximum atomic E-state index is 12.3. The number of halogens is 1. The van der Waals surface area contributed by atoms with E-state index >= 15 is 0 Å². The number of aromatic nitrogens is 2. The number of nitrogens with one attached hydrogen (secondary N) is 3. The fourth-order valence-electron chi connectivity index (χ4n) is 3.46. The maximum absolute atomic E-state index is 12.3. The highest BCUT2D eigenvalue weighted by molar-refractivity contribution is 7.99. The van der Waals surface area contributed by atoms with Crippen LogP contribution in [0.25, 0.3) is 5.70 Å². The van der Waals surface area contributed by atoms with Crippen molar-refractivity contribution in [1.29, 1.82) is 5.41 Å². The molecule has 0 radical (unpaired) electrons. The lowest BCUT2D eigenvalue weighted by Gasteiger charge is -2.17. The van der Waals surface area contributed by atoms with Gasteiger partial charge in [-0.05, 0) is 44.4 Å². The molecule has 5 N–H and O–H groups in total. The van der Waals surface area contributed by atoms with Crippen molar-refractivity contribution in [3.05, 3.63) is 71.6 Å². The number of nitrogens with two attached hydrogens (primary N) is 1. The van der Waals surface area contributed by atoms with Crippen molar-refractivity contribution in [2.24, 2.45) is 0 Å². The number of carbonyl (C=O) groups is 1. The van der Waals surface area contributed by atoms with E-state index in [9.17, 15) is 4.79 Å². The summed E-state index contributed by atoms with van der Waals surface area (Å²) in [7, 11) is 7.52. The van der Waals surface area contributed by atoms with Gasteiger partial charge in [-0.2, -0.15) is 0 Å². The Morgan fingerprint density at radius 3 is 2.73 bits per heavy atom. The molecule has 1 aliphatic carbocycles. The Labute approximate surface area is 226 Å². The molecular weight excluding hydrogens is 510 g/mol. The Kier molecular flexibility index (Phi) is 10.5. The SMILES string of the molecule is C[NH2+]/C(=C1/C=CC=CC1=N)c1ccnc(Nc2cc(NC(=O)/C=C/Cl)c(SCCN(C)C)cc2OC)n1. The lowest BCUT2D eigenvalue weighted by molar-refractivity contribution is -0.531. The molecule has 194 valence electrons. The van der Waals surface area contributed by atoms with Crippen molar-refractivity contribution >= 4 is 58.0 Å². The quantitative estimate of drug-likeness (QED) is 0.254. The van der Waals surface area contributed by atoms with Gasteiger partial charge in [0.1, 0.15) is 11.4 Å². The van der Waals surface area contributed by atoms with E-state index in [4.69, 9.17) is 21.7 Å². The predicted molar refractivity (Wildman–Crippen MR) is 152 cm³/mol. The van der Waals surface area contributed by atoms with E-state index in [2.05, 4.69) is 25.5 Å². The lowest BCUT2D eigenvalue weighted by atomic mass is 10.0. The van der Waals surface area contributed by atoms with Crippen LogP contribution < -0.4 is 20.7 Å². The van der Waals surface area contributed by atoms with Crippen LogP contribution in [0.3, 0.4) is 0 Å². The van der Waals surface area contributed by atoms with E-state index in [1.54, 1.807) is 43.3 Å². The summed E-state index contributed by atoms with van der Waals surface area (Å²) in [5.41, 5.74) is 5.07. The first-order chi connectivity index (χ1) is 17.9. The minimum Gasteiger partial charge on any atom is -0.495 e. The molecule has 1 aromatic carbocycles.